The van der Waals surface area contributed by atoms with Crippen molar-refractivity contribution in [2.24, 2.45) is 0 Å². The van der Waals surface area contributed by atoms with Crippen molar-refractivity contribution in [3.63, 3.8) is 0 Å². The zero-order valence-corrected chi connectivity index (χ0v) is 8.86. The zero-order chi connectivity index (χ0) is 11.5. The lowest BCUT2D eigenvalue weighted by Crippen LogP contribution is -2.03. The number of terminal acetylenes is 1. The SMILES string of the molecule is C#Cc1ccc2ccccc2c1OC(C)=O. The van der Waals surface area contributed by atoms with E-state index in [-0.39, 0.29) is 5.97 Å². The molecule has 0 heterocycles. The second kappa shape index (κ2) is 4.08. The van der Waals surface area contributed by atoms with Gasteiger partial charge in [-0.15, -0.1) is 6.42 Å². The maximum atomic E-state index is 11.0. The lowest BCUT2D eigenvalue weighted by atomic mass is 10.1. The van der Waals surface area contributed by atoms with Crippen LogP contribution in [0, 0.1) is 12.3 Å². The first-order valence-electron chi connectivity index (χ1n) is 4.89. The second-order valence-electron chi connectivity index (χ2n) is 3.40. The van der Waals surface area contributed by atoms with Gasteiger partial charge in [-0.05, 0) is 11.5 Å². The molecule has 0 spiro atoms. The Balaban J connectivity index is 2.74. The highest BCUT2D eigenvalue weighted by Gasteiger charge is 2.09. The van der Waals surface area contributed by atoms with Gasteiger partial charge in [-0.3, -0.25) is 4.79 Å². The third-order valence-electron chi connectivity index (χ3n) is 2.28. The summed E-state index contributed by atoms with van der Waals surface area (Å²) >= 11 is 0. The Labute approximate surface area is 93.8 Å². The van der Waals surface area contributed by atoms with Crippen LogP contribution in [0.25, 0.3) is 10.8 Å². The molecule has 78 valence electrons. The van der Waals surface area contributed by atoms with Crippen LogP contribution in [-0.4, -0.2) is 5.97 Å². The fourth-order valence-corrected chi connectivity index (χ4v) is 1.61. The summed E-state index contributed by atoms with van der Waals surface area (Å²) in [6.07, 6.45) is 5.38. The van der Waals surface area contributed by atoms with Crippen LogP contribution in [0.5, 0.6) is 5.75 Å². The summed E-state index contributed by atoms with van der Waals surface area (Å²) in [4.78, 5) is 11.0. The average Bonchev–Trinajstić information content (AvgIpc) is 2.29. The van der Waals surface area contributed by atoms with Crippen molar-refractivity contribution in [3.05, 3.63) is 42.0 Å². The smallest absolute Gasteiger partial charge is 0.308 e. The Hall–Kier alpha value is -2.27. The van der Waals surface area contributed by atoms with Crippen LogP contribution < -0.4 is 4.74 Å². The van der Waals surface area contributed by atoms with Crippen molar-refractivity contribution in [1.29, 1.82) is 0 Å². The molecule has 0 atom stereocenters. The monoisotopic (exact) mass is 210 g/mol. The average molecular weight is 210 g/mol. The minimum Gasteiger partial charge on any atom is -0.425 e. The van der Waals surface area contributed by atoms with Crippen molar-refractivity contribution in [1.82, 2.24) is 0 Å². The molecular weight excluding hydrogens is 200 g/mol. The molecule has 0 aliphatic carbocycles. The normalized spacial score (nSPS) is 9.75. The molecule has 0 fully saturated rings. The minimum absolute atomic E-state index is 0.368. The van der Waals surface area contributed by atoms with Gasteiger partial charge < -0.3 is 4.74 Å². The first kappa shape index (κ1) is 10.3. The maximum Gasteiger partial charge on any atom is 0.308 e. The van der Waals surface area contributed by atoms with Gasteiger partial charge in [-0.1, -0.05) is 36.3 Å². The first-order chi connectivity index (χ1) is 7.72. The lowest BCUT2D eigenvalue weighted by Gasteiger charge is -2.08. The molecule has 0 radical (unpaired) electrons. The number of carbonyl (C=O) groups excluding carboxylic acids is 1. The third kappa shape index (κ3) is 1.76. The van der Waals surface area contributed by atoms with Crippen molar-refractivity contribution in [2.45, 2.75) is 6.92 Å². The Morgan fingerprint density at radius 2 is 2.00 bits per heavy atom. The summed E-state index contributed by atoms with van der Waals surface area (Å²) < 4.78 is 5.17. The van der Waals surface area contributed by atoms with Crippen molar-refractivity contribution in [3.8, 4) is 18.1 Å². The molecule has 0 saturated carbocycles. The molecule has 0 N–H and O–H groups in total. The van der Waals surface area contributed by atoms with Crippen LogP contribution in [0.15, 0.2) is 36.4 Å². The van der Waals surface area contributed by atoms with E-state index in [1.807, 2.05) is 30.3 Å². The van der Waals surface area contributed by atoms with Crippen molar-refractivity contribution < 1.29 is 9.53 Å². The number of carbonyl (C=O) groups is 1. The van der Waals surface area contributed by atoms with Gasteiger partial charge in [0.15, 0.2) is 5.75 Å². The second-order valence-corrected chi connectivity index (χ2v) is 3.40. The largest absolute Gasteiger partial charge is 0.425 e. The molecule has 2 rings (SSSR count). The molecule has 0 aliphatic heterocycles. The summed E-state index contributed by atoms with van der Waals surface area (Å²) in [5, 5.41) is 1.85. The molecule has 0 saturated heterocycles. The fraction of sp³-hybridized carbons (Fsp3) is 0.0714. The summed E-state index contributed by atoms with van der Waals surface area (Å²) in [5.41, 5.74) is 0.592. The van der Waals surface area contributed by atoms with Crippen molar-refractivity contribution >= 4 is 16.7 Å². The number of ether oxygens (including phenoxy) is 1. The van der Waals surface area contributed by atoms with Crippen LogP contribution in [-0.2, 0) is 4.79 Å². The zero-order valence-electron chi connectivity index (χ0n) is 8.86. The number of esters is 1. The van der Waals surface area contributed by atoms with Crippen LogP contribution in [0.3, 0.4) is 0 Å². The molecule has 0 aromatic heterocycles. The molecular formula is C14H10O2. The number of hydrogen-bond acceptors (Lipinski definition) is 2. The molecule has 0 aliphatic rings. The van der Waals surface area contributed by atoms with Gasteiger partial charge in [0, 0.05) is 12.3 Å². The van der Waals surface area contributed by atoms with Gasteiger partial charge in [0.1, 0.15) is 0 Å². The number of hydrogen-bond donors (Lipinski definition) is 0. The van der Waals surface area contributed by atoms with E-state index in [2.05, 4.69) is 5.92 Å². The maximum absolute atomic E-state index is 11.0. The van der Waals surface area contributed by atoms with Crippen LogP contribution in [0.4, 0.5) is 0 Å². The third-order valence-corrected chi connectivity index (χ3v) is 2.28. The quantitative estimate of drug-likeness (QED) is 0.411. The van der Waals surface area contributed by atoms with E-state index in [0.717, 1.165) is 10.8 Å². The summed E-state index contributed by atoms with van der Waals surface area (Å²) in [6, 6.07) is 11.3. The minimum atomic E-state index is -0.368. The van der Waals surface area contributed by atoms with E-state index in [1.54, 1.807) is 6.07 Å². The molecule has 0 bridgehead atoms. The first-order valence-corrected chi connectivity index (χ1v) is 4.89. The van der Waals surface area contributed by atoms with Crippen LogP contribution >= 0.6 is 0 Å². The molecule has 2 aromatic carbocycles. The van der Waals surface area contributed by atoms with Gasteiger partial charge in [-0.2, -0.15) is 0 Å². The van der Waals surface area contributed by atoms with E-state index in [4.69, 9.17) is 11.2 Å². The predicted octanol–water partition coefficient (Wildman–Crippen LogP) is 2.75. The molecule has 2 nitrogen and oxygen atoms in total. The Bertz CT molecular complexity index is 591. The lowest BCUT2D eigenvalue weighted by molar-refractivity contribution is -0.131. The van der Waals surface area contributed by atoms with E-state index in [0.29, 0.717) is 11.3 Å². The number of benzene rings is 2. The topological polar surface area (TPSA) is 26.3 Å². The van der Waals surface area contributed by atoms with Gasteiger partial charge in [0.05, 0.1) is 5.56 Å². The molecule has 2 heteroatoms. The summed E-state index contributed by atoms with van der Waals surface area (Å²) in [6.45, 7) is 1.36. The Morgan fingerprint density at radius 1 is 1.25 bits per heavy atom. The molecule has 0 amide bonds. The standard InChI is InChI=1S/C14H10O2/c1-3-11-8-9-12-6-4-5-7-13(12)14(11)16-10(2)15/h1,4-9H,2H3. The van der Waals surface area contributed by atoms with Crippen LogP contribution in [0.1, 0.15) is 12.5 Å². The highest BCUT2D eigenvalue weighted by molar-refractivity contribution is 5.92. The summed E-state index contributed by atoms with van der Waals surface area (Å²) in [5.74, 6) is 2.61. The Morgan fingerprint density at radius 3 is 2.69 bits per heavy atom. The van der Waals surface area contributed by atoms with E-state index < -0.39 is 0 Å². The Kier molecular flexibility index (Phi) is 2.61. The van der Waals surface area contributed by atoms with E-state index >= 15 is 0 Å². The van der Waals surface area contributed by atoms with Gasteiger partial charge in [0.2, 0.25) is 0 Å². The highest BCUT2D eigenvalue weighted by atomic mass is 16.5. The fourth-order valence-electron chi connectivity index (χ4n) is 1.61. The van der Waals surface area contributed by atoms with Crippen LogP contribution in [0.2, 0.25) is 0 Å². The predicted molar refractivity (Wildman–Crippen MR) is 63.2 cm³/mol. The molecule has 0 unspecified atom stereocenters. The highest BCUT2D eigenvalue weighted by Crippen LogP contribution is 2.29. The molecule has 2 aromatic rings. The van der Waals surface area contributed by atoms with Crippen molar-refractivity contribution in [2.75, 3.05) is 0 Å². The van der Waals surface area contributed by atoms with Gasteiger partial charge >= 0.3 is 5.97 Å². The van der Waals surface area contributed by atoms with Gasteiger partial charge in [0.25, 0.3) is 0 Å². The number of fused-ring (bicyclic) bond motifs is 1. The number of rotatable bonds is 1. The van der Waals surface area contributed by atoms with Gasteiger partial charge in [-0.25, -0.2) is 0 Å². The van der Waals surface area contributed by atoms with E-state index in [9.17, 15) is 4.79 Å². The molecule has 16 heavy (non-hydrogen) atoms. The van der Waals surface area contributed by atoms with E-state index in [1.165, 1.54) is 6.92 Å². The summed E-state index contributed by atoms with van der Waals surface area (Å²) in [7, 11) is 0.